The van der Waals surface area contributed by atoms with Gasteiger partial charge in [0.05, 0.1) is 6.10 Å². The summed E-state index contributed by atoms with van der Waals surface area (Å²) in [5.41, 5.74) is 1.72. The summed E-state index contributed by atoms with van der Waals surface area (Å²) in [6.45, 7) is 3.61. The fourth-order valence-corrected chi connectivity index (χ4v) is 1.89. The molecule has 1 aromatic carbocycles. The lowest BCUT2D eigenvalue weighted by Gasteiger charge is -2.06. The molecule has 2 nitrogen and oxygen atoms in total. The van der Waals surface area contributed by atoms with Crippen LogP contribution in [0.15, 0.2) is 22.7 Å². The number of aliphatic hydroxyl groups excluding tert-OH is 1. The normalized spacial score (nSPS) is 12.5. The van der Waals surface area contributed by atoms with Gasteiger partial charge < -0.3 is 5.11 Å². The first-order valence-electron chi connectivity index (χ1n) is 4.98. The van der Waals surface area contributed by atoms with E-state index in [1.807, 2.05) is 25.1 Å². The summed E-state index contributed by atoms with van der Waals surface area (Å²) in [7, 11) is 0. The molecule has 0 radical (unpaired) electrons. The van der Waals surface area contributed by atoms with Gasteiger partial charge >= 0.3 is 0 Å². The number of carbonyl (C=O) groups is 1. The van der Waals surface area contributed by atoms with Crippen LogP contribution in [-0.2, 0) is 0 Å². The largest absolute Gasteiger partial charge is 0.393 e. The van der Waals surface area contributed by atoms with E-state index < -0.39 is 6.10 Å². The lowest BCUT2D eigenvalue weighted by atomic mass is 10.0. The molecule has 0 saturated heterocycles. The van der Waals surface area contributed by atoms with E-state index in [1.54, 1.807) is 6.92 Å². The third-order valence-corrected chi connectivity index (χ3v) is 2.77. The number of aryl methyl sites for hydroxylation is 1. The molecule has 0 aromatic heterocycles. The number of carbonyl (C=O) groups excluding carboxylic acids is 1. The second-order valence-electron chi connectivity index (χ2n) is 3.77. The van der Waals surface area contributed by atoms with E-state index in [-0.39, 0.29) is 5.78 Å². The molecule has 0 spiro atoms. The van der Waals surface area contributed by atoms with Gasteiger partial charge in [0.25, 0.3) is 0 Å². The van der Waals surface area contributed by atoms with E-state index in [4.69, 9.17) is 5.11 Å². The Bertz CT molecular complexity index is 359. The van der Waals surface area contributed by atoms with Gasteiger partial charge in [-0.05, 0) is 38.0 Å². The van der Waals surface area contributed by atoms with Gasteiger partial charge in [0.2, 0.25) is 0 Å². The lowest BCUT2D eigenvalue weighted by molar-refractivity contribution is 0.0949. The van der Waals surface area contributed by atoms with Crippen LogP contribution in [0.5, 0.6) is 0 Å². The second kappa shape index (κ2) is 5.42. The molecular weight excluding hydrogens is 256 g/mol. The molecule has 0 amide bonds. The van der Waals surface area contributed by atoms with Crippen molar-refractivity contribution in [3.8, 4) is 0 Å². The molecule has 1 rings (SSSR count). The minimum atomic E-state index is -0.412. The van der Waals surface area contributed by atoms with Crippen molar-refractivity contribution < 1.29 is 9.90 Å². The minimum absolute atomic E-state index is 0.0981. The molecule has 0 fully saturated rings. The summed E-state index contributed by atoms with van der Waals surface area (Å²) < 4.78 is 0.979. The summed E-state index contributed by atoms with van der Waals surface area (Å²) in [4.78, 5) is 11.8. The lowest BCUT2D eigenvalue weighted by Crippen LogP contribution is -2.07. The molecule has 0 aliphatic heterocycles. The standard InChI is InChI=1S/C12H15BrO2/c1-8-7-10(13)4-5-11(8)12(15)6-3-9(2)14/h4-5,7,9,14H,3,6H2,1-2H3/t9-/m0/s1. The molecule has 3 heteroatoms. The zero-order valence-electron chi connectivity index (χ0n) is 8.96. The van der Waals surface area contributed by atoms with Crippen LogP contribution in [0.2, 0.25) is 0 Å². The van der Waals surface area contributed by atoms with Crippen molar-refractivity contribution in [1.82, 2.24) is 0 Å². The highest BCUT2D eigenvalue weighted by molar-refractivity contribution is 9.10. The summed E-state index contributed by atoms with van der Waals surface area (Å²) in [6.07, 6.45) is 0.513. The van der Waals surface area contributed by atoms with Gasteiger partial charge in [-0.25, -0.2) is 0 Å². The van der Waals surface area contributed by atoms with Crippen molar-refractivity contribution in [2.24, 2.45) is 0 Å². The fraction of sp³-hybridized carbons (Fsp3) is 0.417. The van der Waals surface area contributed by atoms with Gasteiger partial charge in [-0.2, -0.15) is 0 Å². The molecule has 0 aliphatic rings. The van der Waals surface area contributed by atoms with Crippen molar-refractivity contribution in [2.45, 2.75) is 32.8 Å². The Morgan fingerprint density at radius 1 is 1.53 bits per heavy atom. The highest BCUT2D eigenvalue weighted by Gasteiger charge is 2.10. The molecule has 1 aromatic rings. The molecule has 0 bridgehead atoms. The number of Topliss-reactive ketones (excluding diaryl/α,β-unsaturated/α-hetero) is 1. The summed E-state index contributed by atoms with van der Waals surface area (Å²) in [5.74, 6) is 0.0981. The Morgan fingerprint density at radius 3 is 2.73 bits per heavy atom. The molecule has 1 atom stereocenters. The van der Waals surface area contributed by atoms with Gasteiger partial charge in [-0.15, -0.1) is 0 Å². The zero-order chi connectivity index (χ0) is 11.4. The molecule has 0 unspecified atom stereocenters. The van der Waals surface area contributed by atoms with E-state index in [0.717, 1.165) is 15.6 Å². The van der Waals surface area contributed by atoms with Crippen LogP contribution in [0.1, 0.15) is 35.7 Å². The molecule has 1 N–H and O–H groups in total. The van der Waals surface area contributed by atoms with Crippen molar-refractivity contribution in [1.29, 1.82) is 0 Å². The van der Waals surface area contributed by atoms with E-state index in [2.05, 4.69) is 15.9 Å². The SMILES string of the molecule is Cc1cc(Br)ccc1C(=O)CC[C@H](C)O. The van der Waals surface area contributed by atoms with Crippen molar-refractivity contribution in [3.63, 3.8) is 0 Å². The Morgan fingerprint density at radius 2 is 2.20 bits per heavy atom. The Labute approximate surface area is 98.4 Å². The first-order chi connectivity index (χ1) is 7.00. The van der Waals surface area contributed by atoms with Gasteiger partial charge in [0.15, 0.2) is 5.78 Å². The van der Waals surface area contributed by atoms with E-state index in [0.29, 0.717) is 12.8 Å². The van der Waals surface area contributed by atoms with E-state index in [1.165, 1.54) is 0 Å². The number of aliphatic hydroxyl groups is 1. The van der Waals surface area contributed by atoms with Crippen LogP contribution in [0.25, 0.3) is 0 Å². The topological polar surface area (TPSA) is 37.3 Å². The molecule has 0 saturated carbocycles. The number of hydrogen-bond acceptors (Lipinski definition) is 2. The average molecular weight is 271 g/mol. The third-order valence-electron chi connectivity index (χ3n) is 2.28. The van der Waals surface area contributed by atoms with Crippen molar-refractivity contribution >= 4 is 21.7 Å². The number of ketones is 1. The molecular formula is C12H15BrO2. The fourth-order valence-electron chi connectivity index (χ4n) is 1.41. The molecule has 0 heterocycles. The summed E-state index contributed by atoms with van der Waals surface area (Å²) in [6, 6.07) is 5.61. The number of benzene rings is 1. The van der Waals surface area contributed by atoms with Crippen LogP contribution in [0.3, 0.4) is 0 Å². The molecule has 82 valence electrons. The van der Waals surface area contributed by atoms with Crippen molar-refractivity contribution in [2.75, 3.05) is 0 Å². The summed E-state index contributed by atoms with van der Waals surface area (Å²) in [5, 5.41) is 9.10. The quantitative estimate of drug-likeness (QED) is 0.854. The highest BCUT2D eigenvalue weighted by atomic mass is 79.9. The van der Waals surface area contributed by atoms with Gasteiger partial charge in [-0.3, -0.25) is 4.79 Å². The Balaban J connectivity index is 2.74. The molecule has 0 aliphatic carbocycles. The average Bonchev–Trinajstić information content (AvgIpc) is 2.14. The van der Waals surface area contributed by atoms with E-state index in [9.17, 15) is 4.79 Å². The van der Waals surface area contributed by atoms with Crippen molar-refractivity contribution in [3.05, 3.63) is 33.8 Å². The summed E-state index contributed by atoms with van der Waals surface area (Å²) >= 11 is 3.36. The Hall–Kier alpha value is -0.670. The second-order valence-corrected chi connectivity index (χ2v) is 4.69. The van der Waals surface area contributed by atoms with Crippen LogP contribution in [0.4, 0.5) is 0 Å². The van der Waals surface area contributed by atoms with Gasteiger partial charge in [0, 0.05) is 16.5 Å². The van der Waals surface area contributed by atoms with Crippen LogP contribution in [0, 0.1) is 6.92 Å². The number of halogens is 1. The van der Waals surface area contributed by atoms with Crippen LogP contribution in [-0.4, -0.2) is 17.0 Å². The maximum absolute atomic E-state index is 11.8. The first kappa shape index (κ1) is 12.4. The maximum atomic E-state index is 11.8. The number of hydrogen-bond donors (Lipinski definition) is 1. The predicted octanol–water partition coefficient (Wildman–Crippen LogP) is 3.10. The van der Waals surface area contributed by atoms with Gasteiger partial charge in [-0.1, -0.05) is 22.0 Å². The third kappa shape index (κ3) is 3.76. The monoisotopic (exact) mass is 270 g/mol. The van der Waals surface area contributed by atoms with Gasteiger partial charge in [0.1, 0.15) is 0 Å². The minimum Gasteiger partial charge on any atom is -0.393 e. The molecule has 15 heavy (non-hydrogen) atoms. The predicted molar refractivity (Wildman–Crippen MR) is 64.1 cm³/mol. The number of rotatable bonds is 4. The highest BCUT2D eigenvalue weighted by Crippen LogP contribution is 2.17. The first-order valence-corrected chi connectivity index (χ1v) is 5.77. The smallest absolute Gasteiger partial charge is 0.163 e. The zero-order valence-corrected chi connectivity index (χ0v) is 10.5. The van der Waals surface area contributed by atoms with E-state index >= 15 is 0 Å². The Kier molecular flexibility index (Phi) is 4.48. The van der Waals surface area contributed by atoms with Crippen LogP contribution >= 0.6 is 15.9 Å². The van der Waals surface area contributed by atoms with Crippen LogP contribution < -0.4 is 0 Å². The maximum Gasteiger partial charge on any atom is 0.163 e.